The lowest BCUT2D eigenvalue weighted by Gasteiger charge is -2.19. The molecule has 2 amide bonds. The van der Waals surface area contributed by atoms with Gasteiger partial charge in [-0.15, -0.1) is 0 Å². The van der Waals surface area contributed by atoms with E-state index in [1.54, 1.807) is 43.8 Å². The largest absolute Gasteiger partial charge is 0.341 e. The minimum absolute atomic E-state index is 0.0256. The summed E-state index contributed by atoms with van der Waals surface area (Å²) in [5.41, 5.74) is 5.25. The molecule has 0 aliphatic heterocycles. The van der Waals surface area contributed by atoms with Gasteiger partial charge in [0.2, 0.25) is 0 Å². The first-order chi connectivity index (χ1) is 22.5. The number of rotatable bonds is 11. The van der Waals surface area contributed by atoms with Gasteiger partial charge in [0.15, 0.2) is 0 Å². The molecule has 0 atom stereocenters. The maximum atomic E-state index is 13.5. The summed E-state index contributed by atoms with van der Waals surface area (Å²) in [6.07, 6.45) is 5.10. The molecule has 4 aromatic carbocycles. The fourth-order valence-electron chi connectivity index (χ4n) is 5.39. The first kappa shape index (κ1) is 31.3. The molecule has 0 unspecified atom stereocenters. The SMILES string of the molecule is CN(CCc1ccccc1)C(=O)c1ccc(SSc2ccc(C(=O)N(C)CCc3ccccc3)c3cccnc23)c2ncccc12. The van der Waals surface area contributed by atoms with Crippen LogP contribution in [0.25, 0.3) is 21.8 Å². The number of fused-ring (bicyclic) bond motifs is 2. The minimum Gasteiger partial charge on any atom is -0.341 e. The zero-order valence-electron chi connectivity index (χ0n) is 25.8. The molecule has 2 heterocycles. The average molecular weight is 643 g/mol. The topological polar surface area (TPSA) is 66.4 Å². The Morgan fingerprint density at radius 2 is 0.957 bits per heavy atom. The second-order valence-electron chi connectivity index (χ2n) is 11.1. The van der Waals surface area contributed by atoms with Gasteiger partial charge in [0.25, 0.3) is 11.8 Å². The molecule has 0 radical (unpaired) electrons. The molecule has 6 nitrogen and oxygen atoms in total. The van der Waals surface area contributed by atoms with Crippen LogP contribution >= 0.6 is 21.6 Å². The van der Waals surface area contributed by atoms with E-state index in [1.807, 2.05) is 99.0 Å². The second-order valence-corrected chi connectivity index (χ2v) is 13.3. The highest BCUT2D eigenvalue weighted by Gasteiger charge is 2.20. The molecule has 2 aromatic heterocycles. The minimum atomic E-state index is -0.0256. The first-order valence-electron chi connectivity index (χ1n) is 15.2. The van der Waals surface area contributed by atoms with Crippen LogP contribution in [0.15, 0.2) is 131 Å². The Bertz CT molecular complexity index is 1840. The number of carbonyl (C=O) groups is 2. The molecule has 0 aliphatic rings. The third kappa shape index (κ3) is 7.09. The monoisotopic (exact) mass is 642 g/mol. The Morgan fingerprint density at radius 1 is 0.543 bits per heavy atom. The molecule has 46 heavy (non-hydrogen) atoms. The van der Waals surface area contributed by atoms with E-state index >= 15 is 0 Å². The van der Waals surface area contributed by atoms with Crippen molar-refractivity contribution in [3.05, 3.63) is 144 Å². The molecule has 6 rings (SSSR count). The van der Waals surface area contributed by atoms with E-state index in [0.717, 1.165) is 44.4 Å². The van der Waals surface area contributed by atoms with Crippen LogP contribution in [0.1, 0.15) is 31.8 Å². The van der Waals surface area contributed by atoms with Crippen molar-refractivity contribution in [3.8, 4) is 0 Å². The number of aromatic nitrogens is 2. The maximum absolute atomic E-state index is 13.5. The Hall–Kier alpha value is -4.66. The van der Waals surface area contributed by atoms with Crippen LogP contribution in [0.5, 0.6) is 0 Å². The van der Waals surface area contributed by atoms with Gasteiger partial charge in [-0.1, -0.05) is 94.4 Å². The number of pyridine rings is 2. The van der Waals surface area contributed by atoms with Crippen molar-refractivity contribution in [2.45, 2.75) is 22.6 Å². The lowest BCUT2D eigenvalue weighted by atomic mass is 10.1. The van der Waals surface area contributed by atoms with Gasteiger partial charge in [0.1, 0.15) is 0 Å². The Kier molecular flexibility index (Phi) is 9.96. The molecule has 0 saturated heterocycles. The molecule has 0 saturated carbocycles. The highest BCUT2D eigenvalue weighted by Crippen LogP contribution is 2.43. The van der Waals surface area contributed by atoms with Crippen LogP contribution in [-0.2, 0) is 12.8 Å². The summed E-state index contributed by atoms with van der Waals surface area (Å²) in [5, 5.41) is 1.65. The van der Waals surface area contributed by atoms with Gasteiger partial charge >= 0.3 is 0 Å². The standard InChI is InChI=1S/C38H34N4O2S2/c1-41(25-21-27-11-5-3-6-12-27)37(43)31-17-19-33(35-29(31)15-9-23-39-35)45-46-34-20-18-32(30-16-10-24-40-36(30)34)38(44)42(2)26-22-28-13-7-4-8-14-28/h3-20,23-24H,21-22,25-26H2,1-2H3. The van der Waals surface area contributed by atoms with Crippen LogP contribution in [-0.4, -0.2) is 58.8 Å². The Labute approximate surface area is 277 Å². The van der Waals surface area contributed by atoms with Gasteiger partial charge in [0.05, 0.1) is 11.0 Å². The zero-order valence-corrected chi connectivity index (χ0v) is 27.4. The molecule has 0 spiro atoms. The van der Waals surface area contributed by atoms with E-state index in [2.05, 4.69) is 34.2 Å². The van der Waals surface area contributed by atoms with Crippen molar-refractivity contribution in [2.75, 3.05) is 27.2 Å². The Morgan fingerprint density at radius 3 is 1.37 bits per heavy atom. The third-order valence-electron chi connectivity index (χ3n) is 8.00. The Balaban J connectivity index is 1.19. The fraction of sp³-hybridized carbons (Fsp3) is 0.158. The summed E-state index contributed by atoms with van der Waals surface area (Å²) in [6.45, 7) is 1.25. The van der Waals surface area contributed by atoms with Gasteiger partial charge in [-0.25, -0.2) is 0 Å². The third-order valence-corrected chi connectivity index (χ3v) is 10.4. The summed E-state index contributed by atoms with van der Waals surface area (Å²) < 4.78 is 0. The summed E-state index contributed by atoms with van der Waals surface area (Å²) >= 11 is 0. The lowest BCUT2D eigenvalue weighted by molar-refractivity contribution is 0.0791. The molecule has 8 heteroatoms. The predicted molar refractivity (Wildman–Crippen MR) is 189 cm³/mol. The normalized spacial score (nSPS) is 11.1. The van der Waals surface area contributed by atoms with Crippen LogP contribution < -0.4 is 0 Å². The zero-order chi connectivity index (χ0) is 31.9. The highest BCUT2D eigenvalue weighted by molar-refractivity contribution is 8.76. The quantitative estimate of drug-likeness (QED) is 0.133. The number of benzene rings is 4. The predicted octanol–water partition coefficient (Wildman–Crippen LogP) is 8.21. The molecular weight excluding hydrogens is 609 g/mol. The van der Waals surface area contributed by atoms with Crippen LogP contribution in [0, 0.1) is 0 Å². The number of hydrogen-bond acceptors (Lipinski definition) is 6. The van der Waals surface area contributed by atoms with Gasteiger partial charge in [-0.05, 0) is 60.4 Å². The van der Waals surface area contributed by atoms with E-state index in [9.17, 15) is 9.59 Å². The van der Waals surface area contributed by atoms with Crippen molar-refractivity contribution in [3.63, 3.8) is 0 Å². The van der Waals surface area contributed by atoms with E-state index in [1.165, 1.54) is 11.1 Å². The van der Waals surface area contributed by atoms with Crippen molar-refractivity contribution in [1.82, 2.24) is 19.8 Å². The van der Waals surface area contributed by atoms with Crippen molar-refractivity contribution in [2.24, 2.45) is 0 Å². The van der Waals surface area contributed by atoms with Gasteiger partial charge < -0.3 is 9.80 Å². The van der Waals surface area contributed by atoms with Crippen molar-refractivity contribution >= 4 is 55.2 Å². The maximum Gasteiger partial charge on any atom is 0.254 e. The molecule has 6 aromatic rings. The van der Waals surface area contributed by atoms with Crippen LogP contribution in [0.3, 0.4) is 0 Å². The lowest BCUT2D eigenvalue weighted by Crippen LogP contribution is -2.29. The van der Waals surface area contributed by atoms with E-state index in [4.69, 9.17) is 0 Å². The number of nitrogens with zero attached hydrogens (tertiary/aromatic N) is 4. The first-order valence-corrected chi connectivity index (χ1v) is 17.3. The summed E-state index contributed by atoms with van der Waals surface area (Å²) in [4.78, 5) is 41.8. The molecule has 0 fully saturated rings. The van der Waals surface area contributed by atoms with Gasteiger partial charge in [-0.3, -0.25) is 19.6 Å². The van der Waals surface area contributed by atoms with Gasteiger partial charge in [-0.2, -0.15) is 0 Å². The van der Waals surface area contributed by atoms with E-state index < -0.39 is 0 Å². The number of amides is 2. The smallest absolute Gasteiger partial charge is 0.254 e. The second kappa shape index (κ2) is 14.6. The van der Waals surface area contributed by atoms with Crippen LogP contribution in [0.4, 0.5) is 0 Å². The number of likely N-dealkylation sites (N-methyl/N-ethyl adjacent to an activating group) is 2. The molecular formula is C38H34N4O2S2. The van der Waals surface area contributed by atoms with Crippen LogP contribution in [0.2, 0.25) is 0 Å². The number of hydrogen-bond donors (Lipinski definition) is 0. The molecule has 0 bridgehead atoms. The molecule has 230 valence electrons. The number of carbonyl (C=O) groups excluding carboxylic acids is 2. The highest BCUT2D eigenvalue weighted by atomic mass is 33.1. The summed E-state index contributed by atoms with van der Waals surface area (Å²) in [6, 6.07) is 35.8. The summed E-state index contributed by atoms with van der Waals surface area (Å²) in [5.74, 6) is -0.0513. The van der Waals surface area contributed by atoms with Gasteiger partial charge in [0, 0.05) is 71.3 Å². The van der Waals surface area contributed by atoms with Crippen molar-refractivity contribution < 1.29 is 9.59 Å². The molecule has 0 aliphatic carbocycles. The average Bonchev–Trinajstić information content (AvgIpc) is 3.12. The summed E-state index contributed by atoms with van der Waals surface area (Å²) in [7, 11) is 6.84. The molecule has 0 N–H and O–H groups in total. The van der Waals surface area contributed by atoms with Crippen molar-refractivity contribution in [1.29, 1.82) is 0 Å². The van der Waals surface area contributed by atoms with E-state index in [-0.39, 0.29) is 11.8 Å². The fourth-order valence-corrected chi connectivity index (χ4v) is 7.64. The van der Waals surface area contributed by atoms with E-state index in [0.29, 0.717) is 24.2 Å².